The summed E-state index contributed by atoms with van der Waals surface area (Å²) in [6.45, 7) is 3.38. The molecule has 0 radical (unpaired) electrons. The van der Waals surface area contributed by atoms with Crippen LogP contribution in [0, 0.1) is 6.92 Å². The molecule has 1 aromatic heterocycles. The molecule has 7 nitrogen and oxygen atoms in total. The molecule has 2 heterocycles. The van der Waals surface area contributed by atoms with E-state index in [-0.39, 0.29) is 23.3 Å². The zero-order valence-corrected chi connectivity index (χ0v) is 15.9. The average Bonchev–Trinajstić information content (AvgIpc) is 2.94. The molecule has 0 amide bonds. The van der Waals surface area contributed by atoms with E-state index < -0.39 is 9.84 Å². The van der Waals surface area contributed by atoms with Crippen molar-refractivity contribution in [3.05, 3.63) is 41.6 Å². The van der Waals surface area contributed by atoms with Crippen molar-refractivity contribution in [2.45, 2.75) is 26.3 Å². The number of carbonyl (C=O) groups is 1. The minimum absolute atomic E-state index is 0.0123. The third-order valence-corrected chi connectivity index (χ3v) is 6.23. The molecule has 0 saturated carbocycles. The summed E-state index contributed by atoms with van der Waals surface area (Å²) in [6.07, 6.45) is 0.602. The lowest BCUT2D eigenvalue weighted by atomic mass is 10.1. The highest BCUT2D eigenvalue weighted by molar-refractivity contribution is 7.91. The number of carbonyl (C=O) groups excluding carboxylic acids is 1. The lowest BCUT2D eigenvalue weighted by molar-refractivity contribution is 0.101. The maximum absolute atomic E-state index is 11.7. The summed E-state index contributed by atoms with van der Waals surface area (Å²) < 4.78 is 23.5. The highest BCUT2D eigenvalue weighted by Gasteiger charge is 2.31. The minimum atomic E-state index is -2.96. The van der Waals surface area contributed by atoms with Gasteiger partial charge in [0.25, 0.3) is 0 Å². The topological polar surface area (TPSA) is 92.3 Å². The van der Waals surface area contributed by atoms with E-state index in [1.807, 2.05) is 31.0 Å². The molecular formula is C18H22N4O3S. The summed E-state index contributed by atoms with van der Waals surface area (Å²) >= 11 is 0. The Hall–Kier alpha value is -2.48. The molecule has 1 atom stereocenters. The fourth-order valence-corrected chi connectivity index (χ4v) is 4.78. The summed E-state index contributed by atoms with van der Waals surface area (Å²) in [7, 11) is -1.11. The number of nitrogens with one attached hydrogen (secondary N) is 1. The zero-order valence-electron chi connectivity index (χ0n) is 15.1. The van der Waals surface area contributed by atoms with E-state index in [2.05, 4.69) is 15.3 Å². The van der Waals surface area contributed by atoms with Gasteiger partial charge in [-0.15, -0.1) is 0 Å². The molecule has 1 N–H and O–H groups in total. The van der Waals surface area contributed by atoms with Gasteiger partial charge >= 0.3 is 0 Å². The van der Waals surface area contributed by atoms with Crippen LogP contribution in [0.3, 0.4) is 0 Å². The zero-order chi connectivity index (χ0) is 18.9. The second-order valence-corrected chi connectivity index (χ2v) is 8.85. The van der Waals surface area contributed by atoms with E-state index in [0.29, 0.717) is 23.8 Å². The molecule has 1 fully saturated rings. The van der Waals surface area contributed by atoms with Crippen molar-refractivity contribution in [2.75, 3.05) is 28.8 Å². The fourth-order valence-electron chi connectivity index (χ4n) is 3.00. The van der Waals surface area contributed by atoms with Gasteiger partial charge in [0.1, 0.15) is 5.82 Å². The molecule has 1 unspecified atom stereocenters. The number of hydrogen-bond acceptors (Lipinski definition) is 7. The lowest BCUT2D eigenvalue weighted by Gasteiger charge is -2.25. The lowest BCUT2D eigenvalue weighted by Crippen LogP contribution is -2.33. The SMILES string of the molecule is CC(=O)c1cccc(Nc2nc(C)cc(N(C)C3CCS(=O)(=O)C3)n2)c1. The summed E-state index contributed by atoms with van der Waals surface area (Å²) in [5, 5.41) is 3.12. The Balaban J connectivity index is 1.84. The maximum atomic E-state index is 11.7. The van der Waals surface area contributed by atoms with Gasteiger partial charge in [-0.2, -0.15) is 4.98 Å². The Bertz CT molecular complexity index is 943. The number of nitrogens with zero attached hydrogens (tertiary/aromatic N) is 3. The van der Waals surface area contributed by atoms with Crippen LogP contribution >= 0.6 is 0 Å². The summed E-state index contributed by atoms with van der Waals surface area (Å²) in [6, 6.07) is 8.90. The molecule has 1 aromatic carbocycles. The van der Waals surface area contributed by atoms with Gasteiger partial charge in [-0.25, -0.2) is 13.4 Å². The number of hydrogen-bond donors (Lipinski definition) is 1. The second kappa shape index (κ2) is 7.03. The van der Waals surface area contributed by atoms with Crippen molar-refractivity contribution in [1.29, 1.82) is 0 Å². The second-order valence-electron chi connectivity index (χ2n) is 6.62. The highest BCUT2D eigenvalue weighted by Crippen LogP contribution is 2.24. The fraction of sp³-hybridized carbons (Fsp3) is 0.389. The van der Waals surface area contributed by atoms with Gasteiger partial charge < -0.3 is 10.2 Å². The predicted molar refractivity (Wildman–Crippen MR) is 102 cm³/mol. The largest absolute Gasteiger partial charge is 0.355 e. The molecule has 1 aliphatic rings. The van der Waals surface area contributed by atoms with E-state index in [1.54, 1.807) is 18.2 Å². The molecule has 1 aliphatic heterocycles. The molecule has 1 saturated heterocycles. The van der Waals surface area contributed by atoms with Crippen LogP contribution in [0.1, 0.15) is 29.4 Å². The summed E-state index contributed by atoms with van der Waals surface area (Å²) in [4.78, 5) is 22.3. The number of aromatic nitrogens is 2. The first kappa shape index (κ1) is 18.3. The van der Waals surface area contributed by atoms with Crippen molar-refractivity contribution < 1.29 is 13.2 Å². The molecule has 138 valence electrons. The van der Waals surface area contributed by atoms with Crippen molar-refractivity contribution in [1.82, 2.24) is 9.97 Å². The number of rotatable bonds is 5. The van der Waals surface area contributed by atoms with Gasteiger partial charge in [0.2, 0.25) is 5.95 Å². The van der Waals surface area contributed by atoms with Crippen LogP contribution in [0.25, 0.3) is 0 Å². The number of sulfone groups is 1. The Morgan fingerprint density at radius 2 is 2.04 bits per heavy atom. The van der Waals surface area contributed by atoms with E-state index in [9.17, 15) is 13.2 Å². The van der Waals surface area contributed by atoms with E-state index in [0.717, 1.165) is 11.4 Å². The Kier molecular flexibility index (Phi) is 4.95. The van der Waals surface area contributed by atoms with Crippen LogP contribution in [0.5, 0.6) is 0 Å². The third-order valence-electron chi connectivity index (χ3n) is 4.48. The molecule has 2 aromatic rings. The van der Waals surface area contributed by atoms with Crippen LogP contribution in [0.2, 0.25) is 0 Å². The number of ketones is 1. The first-order valence-corrected chi connectivity index (χ1v) is 10.2. The Morgan fingerprint density at radius 1 is 1.27 bits per heavy atom. The minimum Gasteiger partial charge on any atom is -0.355 e. The van der Waals surface area contributed by atoms with Crippen molar-refractivity contribution >= 4 is 33.1 Å². The molecule has 3 rings (SSSR count). The smallest absolute Gasteiger partial charge is 0.229 e. The first-order chi connectivity index (χ1) is 12.2. The number of aryl methyl sites for hydroxylation is 1. The van der Waals surface area contributed by atoms with Gasteiger partial charge in [-0.05, 0) is 32.4 Å². The molecule has 0 aliphatic carbocycles. The van der Waals surface area contributed by atoms with Crippen molar-refractivity contribution in [2.24, 2.45) is 0 Å². The van der Waals surface area contributed by atoms with Crippen molar-refractivity contribution in [3.63, 3.8) is 0 Å². The standard InChI is InChI=1S/C18H22N4O3S/c1-12-9-17(22(3)16-7-8-26(24,25)11-16)21-18(19-12)20-15-6-4-5-14(10-15)13(2)23/h4-6,9-10,16H,7-8,11H2,1-3H3,(H,19,20,21). The van der Waals surface area contributed by atoms with Crippen LogP contribution in [-0.4, -0.2) is 48.8 Å². The Morgan fingerprint density at radius 3 is 2.69 bits per heavy atom. The summed E-state index contributed by atoms with van der Waals surface area (Å²) in [5.74, 6) is 1.44. The van der Waals surface area contributed by atoms with Gasteiger partial charge in [0, 0.05) is 36.1 Å². The van der Waals surface area contributed by atoms with E-state index >= 15 is 0 Å². The molecule has 26 heavy (non-hydrogen) atoms. The van der Waals surface area contributed by atoms with E-state index in [1.165, 1.54) is 6.92 Å². The summed E-state index contributed by atoms with van der Waals surface area (Å²) in [5.41, 5.74) is 2.10. The van der Waals surface area contributed by atoms with Gasteiger partial charge in [0.15, 0.2) is 15.6 Å². The molecular weight excluding hydrogens is 352 g/mol. The maximum Gasteiger partial charge on any atom is 0.229 e. The highest BCUT2D eigenvalue weighted by atomic mass is 32.2. The average molecular weight is 374 g/mol. The van der Waals surface area contributed by atoms with Gasteiger partial charge in [0.05, 0.1) is 11.5 Å². The van der Waals surface area contributed by atoms with Gasteiger partial charge in [-0.1, -0.05) is 12.1 Å². The Labute approximate surface area is 153 Å². The van der Waals surface area contributed by atoms with Crippen LogP contribution < -0.4 is 10.2 Å². The number of Topliss-reactive ketones (excluding diaryl/α,β-unsaturated/α-hetero) is 1. The van der Waals surface area contributed by atoms with Crippen LogP contribution in [0.15, 0.2) is 30.3 Å². The van der Waals surface area contributed by atoms with Crippen LogP contribution in [0.4, 0.5) is 17.5 Å². The molecule has 0 bridgehead atoms. The first-order valence-electron chi connectivity index (χ1n) is 8.40. The monoisotopic (exact) mass is 374 g/mol. The van der Waals surface area contributed by atoms with Crippen LogP contribution in [-0.2, 0) is 9.84 Å². The molecule has 8 heteroatoms. The molecule has 0 spiro atoms. The normalized spacial score (nSPS) is 18.5. The number of benzene rings is 1. The number of anilines is 3. The van der Waals surface area contributed by atoms with E-state index in [4.69, 9.17) is 0 Å². The third kappa shape index (κ3) is 4.19. The van der Waals surface area contributed by atoms with Crippen molar-refractivity contribution in [3.8, 4) is 0 Å². The van der Waals surface area contributed by atoms with Gasteiger partial charge in [-0.3, -0.25) is 4.79 Å². The predicted octanol–water partition coefficient (Wildman–Crippen LogP) is 2.35. The quantitative estimate of drug-likeness (QED) is 0.803.